The Hall–Kier alpha value is -3.12. The molecule has 26 heavy (non-hydrogen) atoms. The van der Waals surface area contributed by atoms with Gasteiger partial charge in [0.1, 0.15) is 5.75 Å². The smallest absolute Gasteiger partial charge is 0.363 e. The number of benzene rings is 2. The summed E-state index contributed by atoms with van der Waals surface area (Å²) in [7, 11) is 2.82. The highest BCUT2D eigenvalue weighted by atomic mass is 35.5. The third kappa shape index (κ3) is 3.60. The molecule has 1 aliphatic heterocycles. The van der Waals surface area contributed by atoms with E-state index in [1.165, 1.54) is 14.2 Å². The molecule has 0 N–H and O–H groups in total. The van der Waals surface area contributed by atoms with Gasteiger partial charge < -0.3 is 14.2 Å². The summed E-state index contributed by atoms with van der Waals surface area (Å²) in [6.45, 7) is 0. The van der Waals surface area contributed by atoms with Crippen LogP contribution in [0.3, 0.4) is 0 Å². The predicted octanol–water partition coefficient (Wildman–Crippen LogP) is 3.48. The van der Waals surface area contributed by atoms with Crippen LogP contribution in [0.4, 0.5) is 0 Å². The molecule has 0 radical (unpaired) electrons. The lowest BCUT2D eigenvalue weighted by molar-refractivity contribution is -0.129. The van der Waals surface area contributed by atoms with Crippen molar-refractivity contribution in [3.63, 3.8) is 0 Å². The average Bonchev–Trinajstić information content (AvgIpc) is 3.02. The first-order valence-electron chi connectivity index (χ1n) is 7.56. The Morgan fingerprint density at radius 3 is 2.54 bits per heavy atom. The van der Waals surface area contributed by atoms with Crippen LogP contribution in [0.5, 0.6) is 5.75 Å². The van der Waals surface area contributed by atoms with E-state index >= 15 is 0 Å². The van der Waals surface area contributed by atoms with Gasteiger partial charge in [0.25, 0.3) is 0 Å². The van der Waals surface area contributed by atoms with Crippen molar-refractivity contribution in [2.75, 3.05) is 14.2 Å². The van der Waals surface area contributed by atoms with Crippen LogP contribution in [0, 0.1) is 0 Å². The molecule has 3 rings (SSSR count). The van der Waals surface area contributed by atoms with Gasteiger partial charge in [-0.2, -0.15) is 0 Å². The van der Waals surface area contributed by atoms with E-state index in [-0.39, 0.29) is 11.6 Å². The predicted molar refractivity (Wildman–Crippen MR) is 96.4 cm³/mol. The Kier molecular flexibility index (Phi) is 5.04. The van der Waals surface area contributed by atoms with Crippen LogP contribution in [0.15, 0.2) is 53.2 Å². The third-order valence-corrected chi connectivity index (χ3v) is 3.88. The van der Waals surface area contributed by atoms with Crippen LogP contribution in [0.2, 0.25) is 5.02 Å². The number of hydrogen-bond acceptors (Lipinski definition) is 6. The molecule has 1 aliphatic rings. The molecule has 0 aromatic heterocycles. The van der Waals surface area contributed by atoms with Gasteiger partial charge in [-0.25, -0.2) is 14.6 Å². The topological polar surface area (TPSA) is 74.2 Å². The molecule has 0 bridgehead atoms. The fourth-order valence-corrected chi connectivity index (χ4v) is 2.53. The lowest BCUT2D eigenvalue weighted by Gasteiger charge is -2.07. The molecule has 1 heterocycles. The minimum atomic E-state index is -0.584. The number of carbonyl (C=O) groups excluding carboxylic acids is 2. The molecule has 0 fully saturated rings. The summed E-state index contributed by atoms with van der Waals surface area (Å²) in [6.07, 6.45) is 1.56. The molecule has 7 heteroatoms. The number of ether oxygens (including phenoxy) is 3. The van der Waals surface area contributed by atoms with Crippen molar-refractivity contribution in [1.29, 1.82) is 0 Å². The molecule has 2 aromatic rings. The van der Waals surface area contributed by atoms with Crippen LogP contribution in [0.1, 0.15) is 21.5 Å². The minimum Gasteiger partial charge on any atom is -0.496 e. The van der Waals surface area contributed by atoms with Gasteiger partial charge in [-0.3, -0.25) is 0 Å². The molecule has 0 atom stereocenters. The summed E-state index contributed by atoms with van der Waals surface area (Å²) in [4.78, 5) is 27.8. The number of halogens is 1. The lowest BCUT2D eigenvalue weighted by Crippen LogP contribution is -2.07. The summed E-state index contributed by atoms with van der Waals surface area (Å²) in [5.74, 6) is -0.409. The van der Waals surface area contributed by atoms with Crippen molar-refractivity contribution >= 4 is 35.5 Å². The van der Waals surface area contributed by atoms with E-state index in [1.54, 1.807) is 48.5 Å². The Balaban J connectivity index is 1.92. The van der Waals surface area contributed by atoms with Gasteiger partial charge in [0.2, 0.25) is 5.90 Å². The second-order valence-electron chi connectivity index (χ2n) is 5.29. The summed E-state index contributed by atoms with van der Waals surface area (Å²) < 4.78 is 15.1. The fourth-order valence-electron chi connectivity index (χ4n) is 2.36. The summed E-state index contributed by atoms with van der Waals surface area (Å²) in [6, 6.07) is 11.5. The largest absolute Gasteiger partial charge is 0.496 e. The second kappa shape index (κ2) is 7.41. The fraction of sp³-hybridized carbons (Fsp3) is 0.105. The van der Waals surface area contributed by atoms with Gasteiger partial charge in [-0.15, -0.1) is 0 Å². The van der Waals surface area contributed by atoms with E-state index < -0.39 is 11.9 Å². The van der Waals surface area contributed by atoms with E-state index in [2.05, 4.69) is 9.73 Å². The zero-order valence-electron chi connectivity index (χ0n) is 14.0. The van der Waals surface area contributed by atoms with Crippen LogP contribution in [0.25, 0.3) is 6.08 Å². The Morgan fingerprint density at radius 1 is 1.15 bits per heavy atom. The van der Waals surface area contributed by atoms with Gasteiger partial charge in [-0.1, -0.05) is 23.7 Å². The van der Waals surface area contributed by atoms with E-state index in [1.807, 2.05) is 0 Å². The molecule has 132 valence electrons. The van der Waals surface area contributed by atoms with Gasteiger partial charge in [0.15, 0.2) is 5.70 Å². The normalized spacial score (nSPS) is 14.8. The third-order valence-electron chi connectivity index (χ3n) is 3.65. The van der Waals surface area contributed by atoms with Crippen LogP contribution in [-0.2, 0) is 14.3 Å². The van der Waals surface area contributed by atoms with E-state index in [9.17, 15) is 9.59 Å². The maximum Gasteiger partial charge on any atom is 0.363 e. The van der Waals surface area contributed by atoms with E-state index in [0.29, 0.717) is 27.5 Å². The average molecular weight is 372 g/mol. The highest BCUT2D eigenvalue weighted by Crippen LogP contribution is 2.27. The standard InChI is InChI=1S/C19H14ClNO5/c1-24-16-8-7-13(20)10-14(16)17-21-15(19(23)26-17)9-11-3-5-12(6-4-11)18(22)25-2/h3-10H,1-2H3/b15-9+. The van der Waals surface area contributed by atoms with Gasteiger partial charge in [0, 0.05) is 5.02 Å². The number of nitrogens with zero attached hydrogens (tertiary/aromatic N) is 1. The van der Waals surface area contributed by atoms with Gasteiger partial charge in [-0.05, 0) is 42.0 Å². The summed E-state index contributed by atoms with van der Waals surface area (Å²) in [5, 5.41) is 0.468. The highest BCUT2D eigenvalue weighted by Gasteiger charge is 2.26. The van der Waals surface area contributed by atoms with Gasteiger partial charge >= 0.3 is 11.9 Å². The number of rotatable bonds is 4. The van der Waals surface area contributed by atoms with Crippen molar-refractivity contribution in [1.82, 2.24) is 0 Å². The van der Waals surface area contributed by atoms with Crippen LogP contribution < -0.4 is 4.74 Å². The molecular weight excluding hydrogens is 358 g/mol. The number of carbonyl (C=O) groups is 2. The quantitative estimate of drug-likeness (QED) is 0.607. The molecule has 6 nitrogen and oxygen atoms in total. The highest BCUT2D eigenvalue weighted by molar-refractivity contribution is 6.31. The first kappa shape index (κ1) is 17.7. The van der Waals surface area contributed by atoms with Crippen molar-refractivity contribution < 1.29 is 23.8 Å². The zero-order valence-corrected chi connectivity index (χ0v) is 14.7. The molecule has 0 saturated carbocycles. The monoisotopic (exact) mass is 371 g/mol. The van der Waals surface area contributed by atoms with Crippen molar-refractivity contribution in [2.45, 2.75) is 0 Å². The van der Waals surface area contributed by atoms with Gasteiger partial charge in [0.05, 0.1) is 25.3 Å². The number of hydrogen-bond donors (Lipinski definition) is 0. The minimum absolute atomic E-state index is 0.117. The lowest BCUT2D eigenvalue weighted by atomic mass is 10.1. The number of methoxy groups -OCH3 is 2. The van der Waals surface area contributed by atoms with Crippen LogP contribution in [-0.4, -0.2) is 32.1 Å². The van der Waals surface area contributed by atoms with Crippen LogP contribution >= 0.6 is 11.6 Å². The summed E-state index contributed by atoms with van der Waals surface area (Å²) in [5.41, 5.74) is 1.72. The van der Waals surface area contributed by atoms with Crippen molar-refractivity contribution in [3.05, 3.63) is 69.9 Å². The first-order chi connectivity index (χ1) is 12.5. The number of cyclic esters (lactones) is 1. The Bertz CT molecular complexity index is 931. The van der Waals surface area contributed by atoms with Crippen molar-refractivity contribution in [2.24, 2.45) is 4.99 Å². The molecule has 0 saturated heterocycles. The van der Waals surface area contributed by atoms with E-state index in [4.69, 9.17) is 21.1 Å². The summed E-state index contributed by atoms with van der Waals surface area (Å²) >= 11 is 6.00. The zero-order chi connectivity index (χ0) is 18.7. The maximum atomic E-state index is 12.1. The SMILES string of the molecule is COC(=O)c1ccc(/C=C2/N=C(c3cc(Cl)ccc3OC)OC2=O)cc1. The molecule has 0 amide bonds. The first-order valence-corrected chi connectivity index (χ1v) is 7.94. The number of esters is 2. The second-order valence-corrected chi connectivity index (χ2v) is 5.73. The van der Waals surface area contributed by atoms with Crippen molar-refractivity contribution in [3.8, 4) is 5.75 Å². The van der Waals surface area contributed by atoms with E-state index in [0.717, 1.165) is 0 Å². The molecule has 0 spiro atoms. The molecule has 0 unspecified atom stereocenters. The molecule has 0 aliphatic carbocycles. The molecular formula is C19H14ClNO5. The number of aliphatic imine (C=N–C) groups is 1. The maximum absolute atomic E-state index is 12.1. The molecule has 2 aromatic carbocycles. The Labute approximate surface area is 154 Å². The Morgan fingerprint density at radius 2 is 1.88 bits per heavy atom.